The highest BCUT2D eigenvalue weighted by atomic mass is 32.2. The summed E-state index contributed by atoms with van der Waals surface area (Å²) in [7, 11) is -2.48. The molecule has 0 bridgehead atoms. The van der Waals surface area contributed by atoms with Gasteiger partial charge in [-0.3, -0.25) is 4.21 Å². The third-order valence-corrected chi connectivity index (χ3v) is 2.25. The Balaban J connectivity index is 3.78. The zero-order valence-corrected chi connectivity index (χ0v) is 7.02. The van der Waals surface area contributed by atoms with Crippen molar-refractivity contribution in [1.82, 2.24) is 0 Å². The lowest BCUT2D eigenvalue weighted by molar-refractivity contribution is -0.130. The van der Waals surface area contributed by atoms with Crippen LogP contribution in [0.1, 0.15) is 6.42 Å². The molecule has 0 amide bonds. The van der Waals surface area contributed by atoms with Gasteiger partial charge < -0.3 is 0 Å². The summed E-state index contributed by atoms with van der Waals surface area (Å²) in [5, 5.41) is 0. The Bertz CT molecular complexity index is 182. The molecule has 0 fully saturated rings. The summed E-state index contributed by atoms with van der Waals surface area (Å²) in [6.45, 7) is 0. The molecule has 0 spiro atoms. The fraction of sp³-hybridized carbons (Fsp3) is 1.00. The van der Waals surface area contributed by atoms with Gasteiger partial charge in [-0.1, -0.05) is 0 Å². The van der Waals surface area contributed by atoms with Crippen LogP contribution in [0.3, 0.4) is 0 Å². The van der Waals surface area contributed by atoms with Crippen molar-refractivity contribution in [3.63, 3.8) is 0 Å². The molecule has 80 valence electrons. The molecule has 0 aliphatic carbocycles. The molecule has 0 saturated heterocycles. The third kappa shape index (κ3) is 9.65. The minimum atomic E-state index is -4.67. The van der Waals surface area contributed by atoms with Gasteiger partial charge in [0.1, 0.15) is 5.75 Å². The van der Waals surface area contributed by atoms with Crippen LogP contribution in [0, 0.1) is 0 Å². The Morgan fingerprint density at radius 2 is 1.38 bits per heavy atom. The maximum atomic E-state index is 11.5. The fourth-order valence-corrected chi connectivity index (χ4v) is 1.45. The normalized spacial score (nSPS) is 15.8. The van der Waals surface area contributed by atoms with Crippen molar-refractivity contribution in [3.05, 3.63) is 0 Å². The van der Waals surface area contributed by atoms with Crippen LogP contribution in [0.5, 0.6) is 0 Å². The zero-order chi connectivity index (χ0) is 10.7. The van der Waals surface area contributed by atoms with Crippen molar-refractivity contribution in [2.24, 2.45) is 0 Å². The first-order chi connectivity index (χ1) is 5.60. The molecule has 0 rings (SSSR count). The van der Waals surface area contributed by atoms with Gasteiger partial charge in [0.15, 0.2) is 0 Å². The van der Waals surface area contributed by atoms with E-state index >= 15 is 0 Å². The predicted molar refractivity (Wildman–Crippen MR) is 34.6 cm³/mol. The molecule has 1 nitrogen and oxygen atoms in total. The maximum Gasteiger partial charge on any atom is 0.400 e. The Morgan fingerprint density at radius 3 is 1.69 bits per heavy atom. The van der Waals surface area contributed by atoms with Crippen LogP contribution in [0.4, 0.5) is 26.3 Å². The van der Waals surface area contributed by atoms with Gasteiger partial charge in [-0.2, -0.15) is 26.3 Å². The van der Waals surface area contributed by atoms with E-state index in [1.54, 1.807) is 0 Å². The van der Waals surface area contributed by atoms with Crippen molar-refractivity contribution in [2.45, 2.75) is 18.8 Å². The van der Waals surface area contributed by atoms with E-state index in [4.69, 9.17) is 0 Å². The Morgan fingerprint density at radius 1 is 0.923 bits per heavy atom. The van der Waals surface area contributed by atoms with Crippen LogP contribution in [0.15, 0.2) is 0 Å². The van der Waals surface area contributed by atoms with Crippen LogP contribution < -0.4 is 0 Å². The summed E-state index contributed by atoms with van der Waals surface area (Å²) in [6, 6.07) is 0. The summed E-state index contributed by atoms with van der Waals surface area (Å²) in [4.78, 5) is 0. The molecule has 13 heavy (non-hydrogen) atoms. The minimum Gasteiger partial charge on any atom is -0.259 e. The SMILES string of the molecule is O=S(CCC(F)(F)F)CC(F)(F)F. The van der Waals surface area contributed by atoms with Gasteiger partial charge >= 0.3 is 12.4 Å². The summed E-state index contributed by atoms with van der Waals surface area (Å²) < 4.78 is 79.1. The number of rotatable bonds is 3. The molecule has 1 unspecified atom stereocenters. The third-order valence-electron chi connectivity index (χ3n) is 0.938. The average Bonchev–Trinajstić information content (AvgIpc) is 1.78. The van der Waals surface area contributed by atoms with Gasteiger partial charge in [-0.15, -0.1) is 0 Å². The first-order valence-electron chi connectivity index (χ1n) is 3.09. The molecule has 1 atom stereocenters. The molecule has 0 heterocycles. The summed E-state index contributed by atoms with van der Waals surface area (Å²) in [6.07, 6.45) is -10.7. The van der Waals surface area contributed by atoms with E-state index in [1.807, 2.05) is 0 Å². The van der Waals surface area contributed by atoms with E-state index in [9.17, 15) is 30.6 Å². The van der Waals surface area contributed by atoms with Crippen molar-refractivity contribution in [3.8, 4) is 0 Å². The van der Waals surface area contributed by atoms with Gasteiger partial charge in [-0.25, -0.2) is 0 Å². The molecule has 0 aromatic carbocycles. The molecule has 0 saturated carbocycles. The Kier molecular flexibility index (Phi) is 4.21. The molecule has 8 heteroatoms. The van der Waals surface area contributed by atoms with Crippen molar-refractivity contribution in [1.29, 1.82) is 0 Å². The molecular weight excluding hydrogens is 222 g/mol. The van der Waals surface area contributed by atoms with Gasteiger partial charge in [-0.05, 0) is 0 Å². The minimum absolute atomic E-state index is 0.997. The average molecular weight is 228 g/mol. The first-order valence-corrected chi connectivity index (χ1v) is 4.57. The van der Waals surface area contributed by atoms with Crippen LogP contribution in [0.2, 0.25) is 0 Å². The molecule has 0 radical (unpaired) electrons. The Hall–Kier alpha value is -0.270. The number of hydrogen-bond donors (Lipinski definition) is 0. The molecule has 0 N–H and O–H groups in total. The lowest BCUT2D eigenvalue weighted by Gasteiger charge is -2.07. The smallest absolute Gasteiger partial charge is 0.259 e. The van der Waals surface area contributed by atoms with E-state index < -0.39 is 41.1 Å². The number of hydrogen-bond acceptors (Lipinski definition) is 1. The summed E-state index contributed by atoms with van der Waals surface area (Å²) in [5.74, 6) is -2.67. The van der Waals surface area contributed by atoms with Crippen molar-refractivity contribution in [2.75, 3.05) is 11.5 Å². The van der Waals surface area contributed by atoms with Gasteiger partial charge in [0.2, 0.25) is 0 Å². The monoisotopic (exact) mass is 228 g/mol. The molecule has 0 aromatic heterocycles. The largest absolute Gasteiger partial charge is 0.400 e. The van der Waals surface area contributed by atoms with E-state index in [0.717, 1.165) is 0 Å². The second kappa shape index (κ2) is 4.30. The van der Waals surface area contributed by atoms with Crippen LogP contribution >= 0.6 is 0 Å². The van der Waals surface area contributed by atoms with E-state index in [-0.39, 0.29) is 0 Å². The molecule has 0 aromatic rings. The standard InChI is InChI=1S/C5H6F6OS/c6-4(7,8)1-2-13(12)3-5(9,10)11/h1-3H2. The summed E-state index contributed by atoms with van der Waals surface area (Å²) >= 11 is 0. The molecule has 0 aliphatic heterocycles. The van der Waals surface area contributed by atoms with E-state index in [2.05, 4.69) is 0 Å². The summed E-state index contributed by atoms with van der Waals surface area (Å²) in [5.41, 5.74) is 0. The highest BCUT2D eigenvalue weighted by molar-refractivity contribution is 7.85. The maximum absolute atomic E-state index is 11.5. The molecule has 0 aliphatic rings. The highest BCUT2D eigenvalue weighted by Crippen LogP contribution is 2.21. The first kappa shape index (κ1) is 12.7. The number of halogens is 6. The van der Waals surface area contributed by atoms with Gasteiger partial charge in [0, 0.05) is 16.6 Å². The lowest BCUT2D eigenvalue weighted by Crippen LogP contribution is -2.22. The highest BCUT2D eigenvalue weighted by Gasteiger charge is 2.33. The lowest BCUT2D eigenvalue weighted by atomic mass is 10.5. The topological polar surface area (TPSA) is 17.1 Å². The van der Waals surface area contributed by atoms with E-state index in [0.29, 0.717) is 0 Å². The molecular formula is C5H6F6OS. The predicted octanol–water partition coefficient (Wildman–Crippen LogP) is 2.25. The van der Waals surface area contributed by atoms with Crippen molar-refractivity contribution >= 4 is 10.8 Å². The second-order valence-electron chi connectivity index (χ2n) is 2.27. The van der Waals surface area contributed by atoms with Gasteiger partial charge in [0.05, 0.1) is 6.42 Å². The Labute approximate surface area is 72.6 Å². The van der Waals surface area contributed by atoms with Crippen LogP contribution in [-0.4, -0.2) is 28.1 Å². The van der Waals surface area contributed by atoms with Gasteiger partial charge in [0.25, 0.3) is 0 Å². The quantitative estimate of drug-likeness (QED) is 0.677. The van der Waals surface area contributed by atoms with Crippen molar-refractivity contribution < 1.29 is 30.6 Å². The zero-order valence-electron chi connectivity index (χ0n) is 6.21. The van der Waals surface area contributed by atoms with E-state index in [1.165, 1.54) is 0 Å². The van der Waals surface area contributed by atoms with Crippen LogP contribution in [-0.2, 0) is 10.8 Å². The fourth-order valence-electron chi connectivity index (χ4n) is 0.484. The van der Waals surface area contributed by atoms with Crippen LogP contribution in [0.25, 0.3) is 0 Å². The second-order valence-corrected chi connectivity index (χ2v) is 3.85. The number of alkyl halides is 6.